The van der Waals surface area contributed by atoms with E-state index in [1.165, 1.54) is 0 Å². The van der Waals surface area contributed by atoms with Gasteiger partial charge in [-0.2, -0.15) is 0 Å². The molecular weight excluding hydrogens is 342 g/mol. The fourth-order valence-electron chi connectivity index (χ4n) is 3.06. The summed E-state index contributed by atoms with van der Waals surface area (Å²) in [6, 6.07) is 19.1. The molecule has 2 atom stereocenters. The third-order valence-corrected chi connectivity index (χ3v) is 4.52. The second-order valence-electron chi connectivity index (χ2n) is 6.51. The van der Waals surface area contributed by atoms with Crippen LogP contribution >= 0.6 is 0 Å². The summed E-state index contributed by atoms with van der Waals surface area (Å²) >= 11 is 0. The van der Waals surface area contributed by atoms with Crippen LogP contribution in [0.15, 0.2) is 72.8 Å². The number of hydrogen-bond acceptors (Lipinski definition) is 4. The van der Waals surface area contributed by atoms with E-state index in [4.69, 9.17) is 9.47 Å². The number of carbonyl (C=O) groups is 1. The lowest BCUT2D eigenvalue weighted by molar-refractivity contribution is 0.0829. The van der Waals surface area contributed by atoms with Gasteiger partial charge in [-0.05, 0) is 17.5 Å². The Bertz CT molecular complexity index is 732. The number of ether oxygens (including phenoxy) is 2. The number of aliphatic hydroxyl groups is 1. The zero-order valence-electron chi connectivity index (χ0n) is 15.2. The summed E-state index contributed by atoms with van der Waals surface area (Å²) in [4.78, 5) is 13.9. The van der Waals surface area contributed by atoms with Crippen molar-refractivity contribution in [3.05, 3.63) is 83.9 Å². The maximum absolute atomic E-state index is 12.4. The Balaban J connectivity index is 1.46. The average molecular weight is 367 g/mol. The van der Waals surface area contributed by atoms with E-state index in [2.05, 4.69) is 0 Å². The lowest BCUT2D eigenvalue weighted by atomic mass is 10.1. The summed E-state index contributed by atoms with van der Waals surface area (Å²) < 4.78 is 11.0. The van der Waals surface area contributed by atoms with Crippen LogP contribution in [0.25, 0.3) is 0 Å². The topological polar surface area (TPSA) is 59.0 Å². The van der Waals surface area contributed by atoms with Crippen molar-refractivity contribution in [3.8, 4) is 0 Å². The summed E-state index contributed by atoms with van der Waals surface area (Å²) in [5, 5.41) is 10.2. The van der Waals surface area contributed by atoms with E-state index in [1.807, 2.05) is 72.8 Å². The predicted octanol–water partition coefficient (Wildman–Crippen LogP) is 3.53. The molecule has 1 aliphatic heterocycles. The second kappa shape index (κ2) is 9.90. The molecule has 0 spiro atoms. The Morgan fingerprint density at radius 2 is 1.67 bits per heavy atom. The van der Waals surface area contributed by atoms with Crippen LogP contribution in [-0.4, -0.2) is 41.4 Å². The van der Waals surface area contributed by atoms with Crippen molar-refractivity contribution in [1.82, 2.24) is 4.90 Å². The molecule has 0 aliphatic carbocycles. The molecule has 1 aliphatic rings. The summed E-state index contributed by atoms with van der Waals surface area (Å²) in [5.41, 5.74) is 2.05. The molecule has 1 amide bonds. The van der Waals surface area contributed by atoms with E-state index in [-0.39, 0.29) is 12.6 Å². The number of carbonyl (C=O) groups excluding carboxylic acids is 1. The average Bonchev–Trinajstić information content (AvgIpc) is 3.08. The van der Waals surface area contributed by atoms with Gasteiger partial charge < -0.3 is 14.6 Å². The highest BCUT2D eigenvalue weighted by Crippen LogP contribution is 2.20. The van der Waals surface area contributed by atoms with Gasteiger partial charge in [0.25, 0.3) is 0 Å². The van der Waals surface area contributed by atoms with Crippen LogP contribution in [0.3, 0.4) is 0 Å². The van der Waals surface area contributed by atoms with Crippen LogP contribution in [0, 0.1) is 0 Å². The van der Waals surface area contributed by atoms with E-state index in [1.54, 1.807) is 4.90 Å². The highest BCUT2D eigenvalue weighted by molar-refractivity contribution is 5.69. The summed E-state index contributed by atoms with van der Waals surface area (Å²) in [7, 11) is 0. The molecule has 142 valence electrons. The molecule has 0 bridgehead atoms. The number of hydrogen-bond donors (Lipinski definition) is 1. The Morgan fingerprint density at radius 3 is 2.33 bits per heavy atom. The molecule has 27 heavy (non-hydrogen) atoms. The quantitative estimate of drug-likeness (QED) is 0.601. The third-order valence-electron chi connectivity index (χ3n) is 4.52. The van der Waals surface area contributed by atoms with Crippen molar-refractivity contribution in [1.29, 1.82) is 0 Å². The normalized spacial score (nSPS) is 19.5. The fraction of sp³-hybridized carbons (Fsp3) is 0.318. The van der Waals surface area contributed by atoms with Crippen LogP contribution in [0.5, 0.6) is 0 Å². The number of rotatable bonds is 7. The van der Waals surface area contributed by atoms with Gasteiger partial charge in [-0.25, -0.2) is 4.79 Å². The van der Waals surface area contributed by atoms with Crippen LogP contribution in [0.4, 0.5) is 4.79 Å². The molecule has 1 heterocycles. The monoisotopic (exact) mass is 367 g/mol. The van der Waals surface area contributed by atoms with Gasteiger partial charge in [-0.15, -0.1) is 0 Å². The van der Waals surface area contributed by atoms with E-state index in [9.17, 15) is 9.90 Å². The first-order valence-corrected chi connectivity index (χ1v) is 9.18. The van der Waals surface area contributed by atoms with Gasteiger partial charge in [0.15, 0.2) is 0 Å². The Hall–Kier alpha value is -2.63. The lowest BCUT2D eigenvalue weighted by Gasteiger charge is -2.23. The van der Waals surface area contributed by atoms with Gasteiger partial charge in [0, 0.05) is 6.54 Å². The van der Waals surface area contributed by atoms with Crippen molar-refractivity contribution in [2.45, 2.75) is 31.8 Å². The number of likely N-dealkylation sites (tertiary alicyclic amines) is 1. The maximum Gasteiger partial charge on any atom is 0.410 e. The minimum absolute atomic E-state index is 0.225. The van der Waals surface area contributed by atoms with Gasteiger partial charge in [0.1, 0.15) is 6.61 Å². The zero-order valence-corrected chi connectivity index (χ0v) is 15.2. The van der Waals surface area contributed by atoms with Crippen LogP contribution in [-0.2, 0) is 22.7 Å². The Morgan fingerprint density at radius 1 is 1.04 bits per heavy atom. The molecule has 0 aromatic heterocycles. The summed E-state index contributed by atoms with van der Waals surface area (Å²) in [6.45, 7) is 1.66. The minimum atomic E-state index is -0.584. The van der Waals surface area contributed by atoms with Gasteiger partial charge in [0.05, 0.1) is 25.4 Å². The number of aliphatic hydroxyl groups excluding tert-OH is 1. The predicted molar refractivity (Wildman–Crippen MR) is 103 cm³/mol. The molecule has 1 N–H and O–H groups in total. The highest BCUT2D eigenvalue weighted by atomic mass is 16.6. The molecular formula is C22H25NO4. The maximum atomic E-state index is 12.4. The van der Waals surface area contributed by atoms with E-state index >= 15 is 0 Å². The van der Waals surface area contributed by atoms with Crippen LogP contribution in [0.1, 0.15) is 17.5 Å². The highest BCUT2D eigenvalue weighted by Gasteiger charge is 2.35. The summed E-state index contributed by atoms with van der Waals surface area (Å²) in [6.07, 6.45) is 3.22. The van der Waals surface area contributed by atoms with Gasteiger partial charge in [-0.1, -0.05) is 72.8 Å². The Labute approximate surface area is 159 Å². The van der Waals surface area contributed by atoms with E-state index in [0.29, 0.717) is 26.2 Å². The summed E-state index contributed by atoms with van der Waals surface area (Å²) in [5.74, 6) is 0. The van der Waals surface area contributed by atoms with Gasteiger partial charge >= 0.3 is 6.09 Å². The molecule has 2 aromatic carbocycles. The molecule has 1 saturated heterocycles. The minimum Gasteiger partial charge on any atom is -0.445 e. The molecule has 2 aromatic rings. The van der Waals surface area contributed by atoms with Crippen molar-refractivity contribution < 1.29 is 19.4 Å². The van der Waals surface area contributed by atoms with Crippen LogP contribution < -0.4 is 0 Å². The number of amides is 1. The van der Waals surface area contributed by atoms with E-state index in [0.717, 1.165) is 11.1 Å². The molecule has 3 rings (SSSR count). The van der Waals surface area contributed by atoms with Crippen molar-refractivity contribution in [3.63, 3.8) is 0 Å². The first-order chi connectivity index (χ1) is 13.2. The first-order valence-electron chi connectivity index (χ1n) is 9.18. The third kappa shape index (κ3) is 5.67. The lowest BCUT2D eigenvalue weighted by Crippen LogP contribution is -2.38. The zero-order chi connectivity index (χ0) is 18.9. The fourth-order valence-corrected chi connectivity index (χ4v) is 3.06. The first kappa shape index (κ1) is 19.1. The van der Waals surface area contributed by atoms with Gasteiger partial charge in [-0.3, -0.25) is 4.90 Å². The van der Waals surface area contributed by atoms with Gasteiger partial charge in [0.2, 0.25) is 0 Å². The molecule has 0 saturated carbocycles. The smallest absolute Gasteiger partial charge is 0.410 e. The standard InChI is InChI=1S/C22H25NO4/c24-21-13-14-23(22(25)27-17-19-10-5-2-6-11-19)20(21)12-7-15-26-16-18-8-3-1-4-9-18/h1-12,20-21,24H,13-17H2/b12-7+/t20-,21-/m1/s1. The van der Waals surface area contributed by atoms with Crippen molar-refractivity contribution >= 4 is 6.09 Å². The largest absolute Gasteiger partial charge is 0.445 e. The molecule has 5 heteroatoms. The molecule has 1 fully saturated rings. The second-order valence-corrected chi connectivity index (χ2v) is 6.51. The molecule has 0 radical (unpaired) electrons. The SMILES string of the molecule is O=C(OCc1ccccc1)N1CC[C@@H](O)[C@H]1/C=C/COCc1ccccc1. The van der Waals surface area contributed by atoms with E-state index < -0.39 is 12.2 Å². The van der Waals surface area contributed by atoms with Crippen LogP contribution in [0.2, 0.25) is 0 Å². The van der Waals surface area contributed by atoms with Crippen molar-refractivity contribution in [2.75, 3.05) is 13.2 Å². The molecule has 0 unspecified atom stereocenters. The number of nitrogens with zero attached hydrogens (tertiary/aromatic N) is 1. The van der Waals surface area contributed by atoms with Crippen molar-refractivity contribution in [2.24, 2.45) is 0 Å². The Kier molecular flexibility index (Phi) is 7.02. The molecule has 5 nitrogen and oxygen atoms in total. The number of benzene rings is 2.